The number of rotatable bonds is 6. The molecular weight excluding hydrogens is 195 g/mol. The number of nitrogens with zero attached hydrogens (tertiary/aromatic N) is 2. The maximum Gasteiger partial charge on any atom is 0.141 e. The summed E-state index contributed by atoms with van der Waals surface area (Å²) in [5.41, 5.74) is 0. The Morgan fingerprint density at radius 2 is 2.20 bits per heavy atom. The van der Waals surface area contributed by atoms with E-state index in [1.165, 1.54) is 12.3 Å². The topological polar surface area (TPSA) is 36.4 Å². The van der Waals surface area contributed by atoms with E-state index in [4.69, 9.17) is 5.11 Å². The molecule has 1 heterocycles. The fourth-order valence-corrected chi connectivity index (χ4v) is 1.37. The van der Waals surface area contributed by atoms with Crippen LogP contribution in [0.1, 0.15) is 19.8 Å². The summed E-state index contributed by atoms with van der Waals surface area (Å²) in [4.78, 5) is 5.95. The van der Waals surface area contributed by atoms with Crippen LogP contribution < -0.4 is 4.90 Å². The molecule has 0 spiro atoms. The number of unbranched alkanes of at least 4 members (excludes halogenated alkanes) is 1. The minimum Gasteiger partial charge on any atom is -0.395 e. The van der Waals surface area contributed by atoms with Crippen LogP contribution in [0.3, 0.4) is 0 Å². The van der Waals surface area contributed by atoms with Gasteiger partial charge in [0.1, 0.15) is 11.6 Å². The summed E-state index contributed by atoms with van der Waals surface area (Å²) in [7, 11) is 0. The first-order valence-corrected chi connectivity index (χ1v) is 5.25. The van der Waals surface area contributed by atoms with Crippen molar-refractivity contribution in [1.29, 1.82) is 0 Å². The first-order chi connectivity index (χ1) is 7.27. The van der Waals surface area contributed by atoms with Crippen LogP contribution in [0.2, 0.25) is 0 Å². The zero-order valence-electron chi connectivity index (χ0n) is 8.99. The molecule has 0 aliphatic carbocycles. The van der Waals surface area contributed by atoms with Gasteiger partial charge >= 0.3 is 0 Å². The van der Waals surface area contributed by atoms with E-state index in [1.807, 2.05) is 4.90 Å². The summed E-state index contributed by atoms with van der Waals surface area (Å²) in [5.74, 6) is 0.386. The Labute approximate surface area is 89.6 Å². The minimum absolute atomic E-state index is 0.0861. The minimum atomic E-state index is -0.335. The summed E-state index contributed by atoms with van der Waals surface area (Å²) < 4.78 is 12.7. The average Bonchev–Trinajstić information content (AvgIpc) is 2.25. The molecule has 0 fully saturated rings. The first-order valence-electron chi connectivity index (χ1n) is 5.25. The van der Waals surface area contributed by atoms with Crippen LogP contribution in [-0.4, -0.2) is 29.8 Å². The lowest BCUT2D eigenvalue weighted by molar-refractivity contribution is 0.301. The molecule has 4 heteroatoms. The van der Waals surface area contributed by atoms with Gasteiger partial charge in [-0.15, -0.1) is 0 Å². The molecule has 1 rings (SSSR count). The van der Waals surface area contributed by atoms with Gasteiger partial charge in [0.05, 0.1) is 12.8 Å². The highest BCUT2D eigenvalue weighted by molar-refractivity contribution is 5.37. The van der Waals surface area contributed by atoms with Gasteiger partial charge in [-0.3, -0.25) is 0 Å². The predicted octanol–water partition coefficient (Wildman–Crippen LogP) is 1.82. The number of halogens is 1. The molecule has 0 aliphatic rings. The van der Waals surface area contributed by atoms with Crippen molar-refractivity contribution in [3.8, 4) is 0 Å². The van der Waals surface area contributed by atoms with Crippen molar-refractivity contribution in [3.63, 3.8) is 0 Å². The van der Waals surface area contributed by atoms with Crippen molar-refractivity contribution < 1.29 is 9.50 Å². The van der Waals surface area contributed by atoms with Crippen LogP contribution in [0.15, 0.2) is 18.3 Å². The van der Waals surface area contributed by atoms with E-state index < -0.39 is 0 Å². The normalized spacial score (nSPS) is 10.3. The van der Waals surface area contributed by atoms with E-state index in [1.54, 1.807) is 6.07 Å². The van der Waals surface area contributed by atoms with Crippen molar-refractivity contribution in [2.45, 2.75) is 19.8 Å². The standard InChI is InChI=1S/C11H17FN2O/c1-2-3-6-14(7-8-15)11-5-4-10(12)9-13-11/h4-5,9,15H,2-3,6-8H2,1H3. The fourth-order valence-electron chi connectivity index (χ4n) is 1.37. The molecule has 0 saturated carbocycles. The Balaban J connectivity index is 2.65. The van der Waals surface area contributed by atoms with E-state index in [-0.39, 0.29) is 12.4 Å². The van der Waals surface area contributed by atoms with E-state index >= 15 is 0 Å². The Bertz CT molecular complexity index is 276. The molecule has 1 N–H and O–H groups in total. The molecule has 0 radical (unpaired) electrons. The first kappa shape index (κ1) is 11.9. The largest absolute Gasteiger partial charge is 0.395 e. The van der Waals surface area contributed by atoms with Gasteiger partial charge < -0.3 is 10.0 Å². The molecule has 15 heavy (non-hydrogen) atoms. The second-order valence-corrected chi connectivity index (χ2v) is 3.40. The van der Waals surface area contributed by atoms with Crippen molar-refractivity contribution in [1.82, 2.24) is 4.98 Å². The van der Waals surface area contributed by atoms with E-state index in [0.717, 1.165) is 25.2 Å². The Hall–Kier alpha value is -1.16. The smallest absolute Gasteiger partial charge is 0.141 e. The number of pyridine rings is 1. The van der Waals surface area contributed by atoms with E-state index in [0.29, 0.717) is 6.54 Å². The van der Waals surface area contributed by atoms with Crippen LogP contribution in [0.5, 0.6) is 0 Å². The highest BCUT2D eigenvalue weighted by atomic mass is 19.1. The lowest BCUT2D eigenvalue weighted by Gasteiger charge is -2.22. The molecule has 3 nitrogen and oxygen atoms in total. The molecule has 0 atom stereocenters. The number of aromatic nitrogens is 1. The fraction of sp³-hybridized carbons (Fsp3) is 0.545. The molecule has 84 valence electrons. The van der Waals surface area contributed by atoms with Crippen LogP contribution >= 0.6 is 0 Å². The second-order valence-electron chi connectivity index (χ2n) is 3.40. The number of hydrogen-bond acceptors (Lipinski definition) is 3. The number of aliphatic hydroxyl groups is 1. The monoisotopic (exact) mass is 212 g/mol. The van der Waals surface area contributed by atoms with Crippen molar-refractivity contribution >= 4 is 5.82 Å². The second kappa shape index (κ2) is 6.35. The zero-order valence-corrected chi connectivity index (χ0v) is 8.99. The van der Waals surface area contributed by atoms with Gasteiger partial charge in [-0.2, -0.15) is 0 Å². The summed E-state index contributed by atoms with van der Waals surface area (Å²) in [6, 6.07) is 3.03. The molecule has 1 aromatic rings. The third-order valence-electron chi connectivity index (χ3n) is 2.19. The Morgan fingerprint density at radius 3 is 2.73 bits per heavy atom. The van der Waals surface area contributed by atoms with Gasteiger partial charge in [-0.05, 0) is 18.6 Å². The number of aliphatic hydroxyl groups excluding tert-OH is 1. The number of anilines is 1. The highest BCUT2D eigenvalue weighted by Gasteiger charge is 2.06. The van der Waals surface area contributed by atoms with Gasteiger partial charge in [0.2, 0.25) is 0 Å². The SMILES string of the molecule is CCCCN(CCO)c1ccc(F)cn1. The van der Waals surface area contributed by atoms with Gasteiger partial charge in [0.15, 0.2) is 0 Å². The third kappa shape index (κ3) is 3.83. The zero-order chi connectivity index (χ0) is 11.1. The highest BCUT2D eigenvalue weighted by Crippen LogP contribution is 2.11. The molecule has 0 saturated heterocycles. The lowest BCUT2D eigenvalue weighted by Crippen LogP contribution is -2.28. The van der Waals surface area contributed by atoms with Gasteiger partial charge in [-0.1, -0.05) is 13.3 Å². The maximum absolute atomic E-state index is 12.7. The van der Waals surface area contributed by atoms with Crippen molar-refractivity contribution in [2.24, 2.45) is 0 Å². The summed E-state index contributed by atoms with van der Waals surface area (Å²) in [6.07, 6.45) is 3.33. The summed E-state index contributed by atoms with van der Waals surface area (Å²) >= 11 is 0. The lowest BCUT2D eigenvalue weighted by atomic mass is 10.3. The van der Waals surface area contributed by atoms with Gasteiger partial charge in [0, 0.05) is 13.1 Å². The van der Waals surface area contributed by atoms with Crippen molar-refractivity contribution in [3.05, 3.63) is 24.1 Å². The van der Waals surface area contributed by atoms with Crippen LogP contribution in [0.25, 0.3) is 0 Å². The van der Waals surface area contributed by atoms with Crippen molar-refractivity contribution in [2.75, 3.05) is 24.6 Å². The van der Waals surface area contributed by atoms with E-state index in [9.17, 15) is 4.39 Å². The Morgan fingerprint density at radius 1 is 1.40 bits per heavy atom. The maximum atomic E-state index is 12.7. The molecule has 0 bridgehead atoms. The Kier molecular flexibility index (Phi) is 5.04. The van der Waals surface area contributed by atoms with Crippen LogP contribution in [0, 0.1) is 5.82 Å². The number of hydrogen-bond donors (Lipinski definition) is 1. The average molecular weight is 212 g/mol. The quantitative estimate of drug-likeness (QED) is 0.781. The molecule has 0 amide bonds. The van der Waals surface area contributed by atoms with Crippen LogP contribution in [0.4, 0.5) is 10.2 Å². The molecule has 1 aromatic heterocycles. The molecule has 0 aromatic carbocycles. The third-order valence-corrected chi connectivity index (χ3v) is 2.19. The predicted molar refractivity (Wildman–Crippen MR) is 58.4 cm³/mol. The summed E-state index contributed by atoms with van der Waals surface area (Å²) in [6.45, 7) is 3.58. The van der Waals surface area contributed by atoms with Crippen LogP contribution in [-0.2, 0) is 0 Å². The molecule has 0 aliphatic heterocycles. The molecular formula is C11H17FN2O. The van der Waals surface area contributed by atoms with Gasteiger partial charge in [0.25, 0.3) is 0 Å². The molecule has 0 unspecified atom stereocenters. The van der Waals surface area contributed by atoms with Gasteiger partial charge in [-0.25, -0.2) is 9.37 Å². The summed E-state index contributed by atoms with van der Waals surface area (Å²) in [5, 5.41) is 8.91. The van der Waals surface area contributed by atoms with E-state index in [2.05, 4.69) is 11.9 Å².